The lowest BCUT2D eigenvalue weighted by Gasteiger charge is -2.22. The Bertz CT molecular complexity index is 269. The maximum atomic E-state index is 2.42. The minimum absolute atomic E-state index is 0.731. The molecule has 0 saturated heterocycles. The molecule has 0 radical (unpaired) electrons. The van der Waals surface area contributed by atoms with Crippen molar-refractivity contribution in [2.24, 2.45) is 5.92 Å². The van der Waals surface area contributed by atoms with Crippen LogP contribution in [0.5, 0.6) is 0 Å². The Hall–Kier alpha value is -0.720. The van der Waals surface area contributed by atoms with Gasteiger partial charge in [-0.05, 0) is 52.9 Å². The first kappa shape index (κ1) is 16.3. The van der Waals surface area contributed by atoms with Gasteiger partial charge >= 0.3 is 0 Å². The number of hydrogen-bond donors (Lipinski definition) is 0. The standard InChI is InChI=1S/C16H31N/c1-8-14(5)15(6)11-10-12-16(13(3)4)17(7)9-2/h11,14H,8-10,12H2,1-7H3. The van der Waals surface area contributed by atoms with Gasteiger partial charge in [-0.3, -0.25) is 0 Å². The predicted molar refractivity (Wildman–Crippen MR) is 79.1 cm³/mol. The highest BCUT2D eigenvalue weighted by Gasteiger charge is 2.05. The van der Waals surface area contributed by atoms with E-state index in [0.717, 1.165) is 12.5 Å². The number of allylic oxidation sites excluding steroid dienone is 4. The van der Waals surface area contributed by atoms with Crippen LogP contribution in [0.1, 0.15) is 60.8 Å². The van der Waals surface area contributed by atoms with Crippen molar-refractivity contribution in [1.82, 2.24) is 4.90 Å². The highest BCUT2D eigenvalue weighted by Crippen LogP contribution is 2.18. The lowest BCUT2D eigenvalue weighted by atomic mass is 9.98. The molecule has 0 heterocycles. The first-order valence-corrected chi connectivity index (χ1v) is 6.98. The lowest BCUT2D eigenvalue weighted by molar-refractivity contribution is 0.418. The Morgan fingerprint density at radius 2 is 1.76 bits per heavy atom. The van der Waals surface area contributed by atoms with Gasteiger partial charge < -0.3 is 4.90 Å². The molecule has 0 rings (SSSR count). The second-order valence-corrected chi connectivity index (χ2v) is 5.26. The summed E-state index contributed by atoms with van der Waals surface area (Å²) < 4.78 is 0. The predicted octanol–water partition coefficient (Wildman–Crippen LogP) is 5.00. The topological polar surface area (TPSA) is 3.24 Å². The number of nitrogens with zero attached hydrogens (tertiary/aromatic N) is 1. The van der Waals surface area contributed by atoms with Crippen LogP contribution in [0.25, 0.3) is 0 Å². The summed E-state index contributed by atoms with van der Waals surface area (Å²) >= 11 is 0. The van der Waals surface area contributed by atoms with Crippen LogP contribution in [-0.4, -0.2) is 18.5 Å². The maximum absolute atomic E-state index is 2.42. The van der Waals surface area contributed by atoms with E-state index in [9.17, 15) is 0 Å². The van der Waals surface area contributed by atoms with Crippen LogP contribution in [0.3, 0.4) is 0 Å². The molecule has 0 spiro atoms. The Balaban J connectivity index is 4.40. The molecule has 1 heteroatoms. The fourth-order valence-electron chi connectivity index (χ4n) is 1.97. The van der Waals surface area contributed by atoms with Gasteiger partial charge in [0.2, 0.25) is 0 Å². The molecule has 1 nitrogen and oxygen atoms in total. The number of hydrogen-bond acceptors (Lipinski definition) is 1. The third-order valence-electron chi connectivity index (χ3n) is 3.75. The van der Waals surface area contributed by atoms with Crippen molar-refractivity contribution < 1.29 is 0 Å². The van der Waals surface area contributed by atoms with Gasteiger partial charge in [0, 0.05) is 19.3 Å². The van der Waals surface area contributed by atoms with Crippen LogP contribution in [0.4, 0.5) is 0 Å². The summed E-state index contributed by atoms with van der Waals surface area (Å²) in [7, 11) is 2.19. The molecule has 0 aliphatic carbocycles. The largest absolute Gasteiger partial charge is 0.378 e. The Morgan fingerprint density at radius 3 is 2.18 bits per heavy atom. The molecule has 0 bridgehead atoms. The van der Waals surface area contributed by atoms with Crippen LogP contribution in [-0.2, 0) is 0 Å². The summed E-state index contributed by atoms with van der Waals surface area (Å²) in [6.45, 7) is 14.6. The molecule has 0 aromatic heterocycles. The van der Waals surface area contributed by atoms with E-state index in [0.29, 0.717) is 0 Å². The zero-order valence-corrected chi connectivity index (χ0v) is 12.9. The smallest absolute Gasteiger partial charge is 0.0143 e. The molecular weight excluding hydrogens is 206 g/mol. The van der Waals surface area contributed by atoms with Crippen molar-refractivity contribution in [3.63, 3.8) is 0 Å². The molecule has 0 aliphatic heterocycles. The van der Waals surface area contributed by atoms with Crippen molar-refractivity contribution in [3.8, 4) is 0 Å². The van der Waals surface area contributed by atoms with Crippen molar-refractivity contribution in [1.29, 1.82) is 0 Å². The van der Waals surface area contributed by atoms with Crippen molar-refractivity contribution >= 4 is 0 Å². The first-order valence-electron chi connectivity index (χ1n) is 6.98. The van der Waals surface area contributed by atoms with Crippen LogP contribution in [0.2, 0.25) is 0 Å². The molecule has 0 aromatic rings. The van der Waals surface area contributed by atoms with E-state index in [4.69, 9.17) is 0 Å². The summed E-state index contributed by atoms with van der Waals surface area (Å²) in [4.78, 5) is 2.36. The average Bonchev–Trinajstić information content (AvgIpc) is 2.31. The molecule has 0 fully saturated rings. The summed E-state index contributed by atoms with van der Waals surface area (Å²) in [6.07, 6.45) is 5.99. The Labute approximate surface area is 109 Å². The van der Waals surface area contributed by atoms with Gasteiger partial charge in [0.1, 0.15) is 0 Å². The van der Waals surface area contributed by atoms with E-state index >= 15 is 0 Å². The van der Waals surface area contributed by atoms with Crippen LogP contribution in [0, 0.1) is 5.92 Å². The zero-order valence-electron chi connectivity index (χ0n) is 12.9. The third kappa shape index (κ3) is 5.95. The summed E-state index contributed by atoms with van der Waals surface area (Å²) in [5.41, 5.74) is 4.49. The molecule has 0 amide bonds. The molecule has 100 valence electrons. The second-order valence-electron chi connectivity index (χ2n) is 5.26. The van der Waals surface area contributed by atoms with Gasteiger partial charge in [-0.25, -0.2) is 0 Å². The minimum atomic E-state index is 0.731. The molecule has 1 atom stereocenters. The second kappa shape index (κ2) is 8.38. The third-order valence-corrected chi connectivity index (χ3v) is 3.75. The van der Waals surface area contributed by atoms with Crippen LogP contribution < -0.4 is 0 Å². The van der Waals surface area contributed by atoms with Gasteiger partial charge in [-0.1, -0.05) is 31.1 Å². The zero-order chi connectivity index (χ0) is 13.4. The minimum Gasteiger partial charge on any atom is -0.378 e. The maximum Gasteiger partial charge on any atom is 0.0143 e. The van der Waals surface area contributed by atoms with E-state index in [2.05, 4.69) is 59.6 Å². The van der Waals surface area contributed by atoms with E-state index in [-0.39, 0.29) is 0 Å². The van der Waals surface area contributed by atoms with Crippen molar-refractivity contribution in [3.05, 3.63) is 22.9 Å². The normalized spacial score (nSPS) is 13.5. The van der Waals surface area contributed by atoms with Crippen molar-refractivity contribution in [2.45, 2.75) is 60.8 Å². The monoisotopic (exact) mass is 237 g/mol. The summed E-state index contributed by atoms with van der Waals surface area (Å²) in [5, 5.41) is 0. The fourth-order valence-corrected chi connectivity index (χ4v) is 1.97. The van der Waals surface area contributed by atoms with Gasteiger partial charge in [-0.2, -0.15) is 0 Å². The van der Waals surface area contributed by atoms with E-state index in [1.807, 2.05) is 0 Å². The molecule has 0 aromatic carbocycles. The fraction of sp³-hybridized carbons (Fsp3) is 0.750. The molecule has 17 heavy (non-hydrogen) atoms. The van der Waals surface area contributed by atoms with Crippen molar-refractivity contribution in [2.75, 3.05) is 13.6 Å². The van der Waals surface area contributed by atoms with E-state index < -0.39 is 0 Å². The van der Waals surface area contributed by atoms with Gasteiger partial charge in [0.15, 0.2) is 0 Å². The van der Waals surface area contributed by atoms with Crippen LogP contribution in [0.15, 0.2) is 22.9 Å². The SMILES string of the molecule is CCC(C)C(C)=CCCC(=C(C)C)N(C)CC. The Morgan fingerprint density at radius 1 is 1.18 bits per heavy atom. The van der Waals surface area contributed by atoms with Gasteiger partial charge in [0.05, 0.1) is 0 Å². The molecule has 1 unspecified atom stereocenters. The highest BCUT2D eigenvalue weighted by molar-refractivity contribution is 5.10. The molecule has 0 N–H and O–H groups in total. The summed E-state index contributed by atoms with van der Waals surface area (Å²) in [5.74, 6) is 0.731. The van der Waals surface area contributed by atoms with E-state index in [1.54, 1.807) is 5.57 Å². The molecule has 0 saturated carbocycles. The number of rotatable bonds is 7. The molecular formula is C16H31N. The first-order chi connectivity index (χ1) is 7.93. The molecule has 0 aliphatic rings. The summed E-state index contributed by atoms with van der Waals surface area (Å²) in [6, 6.07) is 0. The highest BCUT2D eigenvalue weighted by atomic mass is 15.1. The van der Waals surface area contributed by atoms with Crippen LogP contribution >= 0.6 is 0 Å². The quantitative estimate of drug-likeness (QED) is 0.563. The van der Waals surface area contributed by atoms with Gasteiger partial charge in [0.25, 0.3) is 0 Å². The van der Waals surface area contributed by atoms with E-state index in [1.165, 1.54) is 30.5 Å². The average molecular weight is 237 g/mol. The van der Waals surface area contributed by atoms with Gasteiger partial charge in [-0.15, -0.1) is 0 Å². The lowest BCUT2D eigenvalue weighted by Crippen LogP contribution is -2.18. The Kier molecular flexibility index (Phi) is 8.03.